The summed E-state index contributed by atoms with van der Waals surface area (Å²) in [6.07, 6.45) is 4.14. The second kappa shape index (κ2) is 10.8. The molecule has 3 aromatic heterocycles. The molecule has 0 saturated heterocycles. The van der Waals surface area contributed by atoms with E-state index in [0.717, 1.165) is 27.9 Å². The molecular weight excluding hydrogens is 593 g/mol. The fourth-order valence-corrected chi connectivity index (χ4v) is 7.57. The third-order valence-electron chi connectivity index (χ3n) is 7.46. The van der Waals surface area contributed by atoms with Gasteiger partial charge in [-0.05, 0) is 0 Å². The Morgan fingerprint density at radius 1 is 0.465 bits per heavy atom. The Morgan fingerprint density at radius 2 is 1.00 bits per heavy atom. The van der Waals surface area contributed by atoms with Crippen LogP contribution in [-0.2, 0) is 0 Å². The predicted molar refractivity (Wildman–Crippen MR) is 173 cm³/mol. The van der Waals surface area contributed by atoms with Gasteiger partial charge < -0.3 is 0 Å². The Morgan fingerprint density at radius 3 is 1.58 bits per heavy atom. The Kier molecular flexibility index (Phi) is 6.41. The van der Waals surface area contributed by atoms with Crippen LogP contribution in [0.25, 0.3) is 70.5 Å². The number of hydrogen-bond acceptors (Lipinski definition) is 4. The first-order valence-electron chi connectivity index (χ1n) is 14.1. The Balaban J connectivity index is 1.15. The smallest absolute Gasteiger partial charge is 0.0512 e. The van der Waals surface area contributed by atoms with Gasteiger partial charge in [0.1, 0.15) is 0 Å². The molecule has 0 spiro atoms. The van der Waals surface area contributed by atoms with E-state index >= 15 is 0 Å². The number of aromatic nitrogens is 5. The summed E-state index contributed by atoms with van der Waals surface area (Å²) >= 11 is 0.175. The Bertz CT molecular complexity index is 2150. The summed E-state index contributed by atoms with van der Waals surface area (Å²) < 4.78 is 4.67. The fraction of sp³-hybridized carbons (Fsp3) is 0. The summed E-state index contributed by atoms with van der Waals surface area (Å²) in [6, 6.07) is 45.7. The van der Waals surface area contributed by atoms with Crippen LogP contribution in [0.1, 0.15) is 0 Å². The number of nitrogens with zero attached hydrogens (tertiary/aromatic N) is 5. The van der Waals surface area contributed by atoms with Crippen LogP contribution in [-0.4, -0.2) is 34.4 Å². The number of pyridine rings is 1. The number of hydrogen-bond donors (Lipinski definition) is 0. The number of benzene rings is 5. The largest absolute Gasteiger partial charge is 0.0615 e. The third kappa shape index (κ3) is 4.93. The molecule has 0 unspecified atom stereocenters. The van der Waals surface area contributed by atoms with Crippen molar-refractivity contribution >= 4 is 35.1 Å². The second-order valence-corrected chi connectivity index (χ2v) is 12.3. The molecule has 0 fully saturated rings. The topological polar surface area (TPSA) is 55.4 Å². The van der Waals surface area contributed by atoms with Crippen LogP contribution in [0.2, 0.25) is 0 Å². The number of rotatable bonds is 5. The van der Waals surface area contributed by atoms with Gasteiger partial charge in [0.25, 0.3) is 0 Å². The monoisotopic (exact) mass is 618 g/mol. The molecule has 0 aliphatic rings. The van der Waals surface area contributed by atoms with Gasteiger partial charge >= 0.3 is 179 Å². The Labute approximate surface area is 254 Å². The maximum Gasteiger partial charge on any atom is -0.0512 e. The molecule has 8 rings (SSSR count). The van der Waals surface area contributed by atoms with Gasteiger partial charge in [-0.25, -0.2) is 4.98 Å². The standard InChI is InChI=1S/C37H24N5Se/c1-4-10-25(11-5-1)34-39-35(26-12-6-2-7-13-26)41-36(40-34)27-20-22-42(23-21-27)30-17-18-31-29(24-30)16-19-32-33(31)43-37(38-32)28-14-8-3-9-15-28/h1-24H/q+1. The zero-order chi connectivity index (χ0) is 28.6. The molecule has 6 heteroatoms. The molecule has 202 valence electrons. The van der Waals surface area contributed by atoms with Crippen LogP contribution >= 0.6 is 0 Å². The zero-order valence-electron chi connectivity index (χ0n) is 23.0. The zero-order valence-corrected chi connectivity index (χ0v) is 24.7. The first-order chi connectivity index (χ1) is 21.3. The van der Waals surface area contributed by atoms with Crippen molar-refractivity contribution in [2.75, 3.05) is 0 Å². The summed E-state index contributed by atoms with van der Waals surface area (Å²) in [7, 11) is 0. The van der Waals surface area contributed by atoms with Crippen molar-refractivity contribution in [1.82, 2.24) is 19.9 Å². The summed E-state index contributed by atoms with van der Waals surface area (Å²) in [5.41, 5.74) is 6.25. The van der Waals surface area contributed by atoms with Gasteiger partial charge in [-0.15, -0.1) is 0 Å². The minimum absolute atomic E-state index is 0.175. The van der Waals surface area contributed by atoms with Crippen LogP contribution in [0.15, 0.2) is 146 Å². The average molecular weight is 618 g/mol. The third-order valence-corrected chi connectivity index (χ3v) is 9.88. The van der Waals surface area contributed by atoms with Gasteiger partial charge in [0.05, 0.1) is 0 Å². The van der Waals surface area contributed by atoms with Gasteiger partial charge in [-0.1, -0.05) is 60.7 Å². The van der Waals surface area contributed by atoms with E-state index in [-0.39, 0.29) is 14.5 Å². The molecule has 3 heterocycles. The van der Waals surface area contributed by atoms with E-state index in [2.05, 4.69) is 83.7 Å². The fourth-order valence-electron chi connectivity index (χ4n) is 5.25. The molecule has 0 N–H and O–H groups in total. The molecule has 43 heavy (non-hydrogen) atoms. The van der Waals surface area contributed by atoms with Crippen LogP contribution in [0, 0.1) is 0 Å². The SMILES string of the molecule is c1ccc(-c2nc(-c3ccccc3)nc(-c3cc[n+](-c4ccc5c(ccc6nc(-c7ccccc7)[se]c65)c4)cc3)n2)cc1. The molecule has 0 amide bonds. The molecular formula is C37H24N5Se+. The van der Waals surface area contributed by atoms with Crippen LogP contribution in [0.5, 0.6) is 0 Å². The van der Waals surface area contributed by atoms with E-state index in [1.165, 1.54) is 25.2 Å². The predicted octanol–water partition coefficient (Wildman–Crippen LogP) is 7.57. The molecule has 0 aliphatic heterocycles. The van der Waals surface area contributed by atoms with Crippen LogP contribution in [0.4, 0.5) is 0 Å². The normalized spacial score (nSPS) is 11.3. The van der Waals surface area contributed by atoms with Crippen molar-refractivity contribution < 1.29 is 4.57 Å². The van der Waals surface area contributed by atoms with Crippen molar-refractivity contribution in [3.8, 4) is 50.0 Å². The maximum absolute atomic E-state index is 4.96. The second-order valence-electron chi connectivity index (χ2n) is 10.2. The first kappa shape index (κ1) is 25.4. The van der Waals surface area contributed by atoms with E-state index in [1.54, 1.807) is 0 Å². The van der Waals surface area contributed by atoms with Crippen molar-refractivity contribution in [3.05, 3.63) is 146 Å². The minimum Gasteiger partial charge on any atom is -0.0615 e. The molecule has 0 aliphatic carbocycles. The van der Waals surface area contributed by atoms with Crippen LogP contribution in [0.3, 0.4) is 0 Å². The van der Waals surface area contributed by atoms with E-state index in [0.29, 0.717) is 17.5 Å². The number of fused-ring (bicyclic) bond motifs is 3. The molecule has 5 nitrogen and oxygen atoms in total. The molecule has 0 bridgehead atoms. The summed E-state index contributed by atoms with van der Waals surface area (Å²) in [5, 5.41) is 2.50. The molecule has 5 aromatic carbocycles. The molecule has 8 aromatic rings. The Hall–Kier alpha value is -5.29. The quantitative estimate of drug-likeness (QED) is 0.148. The first-order valence-corrected chi connectivity index (χ1v) is 15.8. The van der Waals surface area contributed by atoms with Gasteiger partial charge in [-0.3, -0.25) is 0 Å². The van der Waals surface area contributed by atoms with E-state index in [9.17, 15) is 0 Å². The molecule has 0 atom stereocenters. The van der Waals surface area contributed by atoms with Crippen molar-refractivity contribution in [3.63, 3.8) is 0 Å². The maximum atomic E-state index is 4.96. The minimum atomic E-state index is 0.175. The van der Waals surface area contributed by atoms with Crippen molar-refractivity contribution in [2.24, 2.45) is 0 Å². The van der Waals surface area contributed by atoms with Gasteiger partial charge in [0.2, 0.25) is 0 Å². The van der Waals surface area contributed by atoms with Gasteiger partial charge in [0.15, 0.2) is 0 Å². The van der Waals surface area contributed by atoms with Crippen molar-refractivity contribution in [1.29, 1.82) is 0 Å². The summed E-state index contributed by atoms with van der Waals surface area (Å²) in [5.74, 6) is 1.96. The van der Waals surface area contributed by atoms with Gasteiger partial charge in [0, 0.05) is 11.1 Å². The van der Waals surface area contributed by atoms with E-state index in [1.807, 2.05) is 66.7 Å². The van der Waals surface area contributed by atoms with Gasteiger partial charge in [-0.2, -0.15) is 0 Å². The van der Waals surface area contributed by atoms with Crippen LogP contribution < -0.4 is 4.57 Å². The summed E-state index contributed by atoms with van der Waals surface area (Å²) in [4.78, 5) is 19.5. The van der Waals surface area contributed by atoms with E-state index < -0.39 is 0 Å². The average Bonchev–Trinajstić information content (AvgIpc) is 3.54. The summed E-state index contributed by atoms with van der Waals surface area (Å²) in [6.45, 7) is 0. The van der Waals surface area contributed by atoms with E-state index in [4.69, 9.17) is 19.9 Å². The molecule has 0 radical (unpaired) electrons. The molecule has 0 saturated carbocycles. The van der Waals surface area contributed by atoms with Crippen molar-refractivity contribution in [2.45, 2.75) is 0 Å².